The largest absolute Gasteiger partial charge is 0.481 e. The molecule has 0 radical (unpaired) electrons. The lowest BCUT2D eigenvalue weighted by atomic mass is 10.1. The molecular formula is C25H36O3. The molecule has 1 atom stereocenters. The molecule has 0 aliphatic carbocycles. The van der Waals surface area contributed by atoms with Gasteiger partial charge in [0.05, 0.1) is 12.7 Å². The highest BCUT2D eigenvalue weighted by atomic mass is 16.5. The number of unbranched alkanes of at least 4 members (excludes halogenated alkanes) is 4. The van der Waals surface area contributed by atoms with E-state index in [0.29, 0.717) is 6.61 Å². The summed E-state index contributed by atoms with van der Waals surface area (Å²) in [6.45, 7) is 2.87. The van der Waals surface area contributed by atoms with Gasteiger partial charge in [-0.3, -0.25) is 4.79 Å². The van der Waals surface area contributed by atoms with Gasteiger partial charge in [-0.05, 0) is 37.7 Å². The maximum Gasteiger partial charge on any atom is 0.303 e. The summed E-state index contributed by atoms with van der Waals surface area (Å²) >= 11 is 0. The fourth-order valence-electron chi connectivity index (χ4n) is 2.78. The van der Waals surface area contributed by atoms with Gasteiger partial charge in [-0.2, -0.15) is 0 Å². The highest BCUT2D eigenvalue weighted by Crippen LogP contribution is 2.12. The van der Waals surface area contributed by atoms with Crippen LogP contribution in [0.1, 0.15) is 70.3 Å². The second-order valence-corrected chi connectivity index (χ2v) is 6.99. The maximum atomic E-state index is 10.4. The Hall–Kier alpha value is -2.13. The molecule has 3 nitrogen and oxygen atoms in total. The molecule has 0 amide bonds. The van der Waals surface area contributed by atoms with E-state index in [0.717, 1.165) is 32.1 Å². The lowest BCUT2D eigenvalue weighted by molar-refractivity contribution is -0.137. The average molecular weight is 385 g/mol. The molecule has 1 N–H and O–H groups in total. The third kappa shape index (κ3) is 14.0. The number of benzene rings is 1. The summed E-state index contributed by atoms with van der Waals surface area (Å²) in [6.07, 6.45) is 21.4. The van der Waals surface area contributed by atoms with E-state index in [-0.39, 0.29) is 12.5 Å². The van der Waals surface area contributed by atoms with Crippen molar-refractivity contribution in [1.29, 1.82) is 0 Å². The SMILES string of the molecule is CCCCC[C@@H](/C=C/C=C\C/C=C\CCCCC(=O)O)OCc1ccccc1. The number of allylic oxidation sites excluding steroid dienone is 5. The Bertz CT molecular complexity index is 587. The number of ether oxygens (including phenoxy) is 1. The highest BCUT2D eigenvalue weighted by molar-refractivity contribution is 5.66. The zero-order valence-corrected chi connectivity index (χ0v) is 17.3. The molecule has 1 aromatic carbocycles. The predicted octanol–water partition coefficient (Wildman–Crippen LogP) is 6.86. The van der Waals surface area contributed by atoms with Gasteiger partial charge in [0.1, 0.15) is 0 Å². The van der Waals surface area contributed by atoms with Crippen molar-refractivity contribution in [2.75, 3.05) is 0 Å². The number of carboxylic acid groups (broad SMARTS) is 1. The molecule has 0 aliphatic rings. The Labute approximate surface area is 170 Å². The Morgan fingerprint density at radius 3 is 2.61 bits per heavy atom. The first-order valence-corrected chi connectivity index (χ1v) is 10.6. The molecule has 0 saturated heterocycles. The van der Waals surface area contributed by atoms with Gasteiger partial charge in [0.25, 0.3) is 0 Å². The standard InChI is InChI=1S/C25H36O3/c1-2-3-12-19-24(28-22-23-17-13-11-14-18-23)20-15-9-7-5-4-6-8-10-16-21-25(26)27/h4,6-7,9,11,13-15,17-18,20,24H,2-3,5,8,10,12,16,19,21-22H2,1H3,(H,26,27)/b6-4-,9-7-,20-15+/t24-/m0/s1. The smallest absolute Gasteiger partial charge is 0.303 e. The van der Waals surface area contributed by atoms with E-state index in [1.54, 1.807) is 0 Å². The van der Waals surface area contributed by atoms with Crippen molar-refractivity contribution in [2.45, 2.75) is 77.4 Å². The topological polar surface area (TPSA) is 46.5 Å². The van der Waals surface area contributed by atoms with Crippen LogP contribution in [0.5, 0.6) is 0 Å². The first-order chi connectivity index (χ1) is 13.7. The van der Waals surface area contributed by atoms with Crippen LogP contribution in [0.2, 0.25) is 0 Å². The van der Waals surface area contributed by atoms with Crippen molar-refractivity contribution < 1.29 is 14.6 Å². The zero-order valence-electron chi connectivity index (χ0n) is 17.3. The Kier molecular flexibility index (Phi) is 14.5. The number of hydrogen-bond acceptors (Lipinski definition) is 2. The van der Waals surface area contributed by atoms with Crippen LogP contribution in [0, 0.1) is 0 Å². The number of aliphatic carboxylic acids is 1. The molecule has 0 aliphatic heterocycles. The summed E-state index contributed by atoms with van der Waals surface area (Å²) in [5.41, 5.74) is 1.21. The van der Waals surface area contributed by atoms with Crippen molar-refractivity contribution >= 4 is 5.97 Å². The Morgan fingerprint density at radius 2 is 1.86 bits per heavy atom. The van der Waals surface area contributed by atoms with Gasteiger partial charge in [0, 0.05) is 6.42 Å². The van der Waals surface area contributed by atoms with E-state index in [1.807, 2.05) is 18.2 Å². The number of carbonyl (C=O) groups is 1. The molecule has 0 aromatic heterocycles. The van der Waals surface area contributed by atoms with Crippen LogP contribution in [-0.2, 0) is 16.1 Å². The normalized spacial score (nSPS) is 13.0. The summed E-state index contributed by atoms with van der Waals surface area (Å²) < 4.78 is 6.10. The van der Waals surface area contributed by atoms with E-state index in [1.165, 1.54) is 24.8 Å². The molecule has 0 saturated carbocycles. The molecule has 3 heteroatoms. The van der Waals surface area contributed by atoms with Crippen molar-refractivity contribution in [3.05, 3.63) is 72.4 Å². The summed E-state index contributed by atoms with van der Waals surface area (Å²) in [4.78, 5) is 10.4. The molecule has 0 heterocycles. The summed E-state index contributed by atoms with van der Waals surface area (Å²) in [5.74, 6) is -0.709. The molecular weight excluding hydrogens is 348 g/mol. The molecule has 154 valence electrons. The van der Waals surface area contributed by atoms with Crippen LogP contribution in [0.15, 0.2) is 66.8 Å². The van der Waals surface area contributed by atoms with Crippen LogP contribution >= 0.6 is 0 Å². The van der Waals surface area contributed by atoms with Gasteiger partial charge in [0.15, 0.2) is 0 Å². The summed E-state index contributed by atoms with van der Waals surface area (Å²) in [7, 11) is 0. The van der Waals surface area contributed by atoms with E-state index in [2.05, 4.69) is 55.5 Å². The van der Waals surface area contributed by atoms with Gasteiger partial charge in [0.2, 0.25) is 0 Å². The Balaban J connectivity index is 2.28. The molecule has 1 rings (SSSR count). The average Bonchev–Trinajstić information content (AvgIpc) is 2.70. The molecule has 0 fully saturated rings. The van der Waals surface area contributed by atoms with Crippen LogP contribution in [0.25, 0.3) is 0 Å². The fraction of sp³-hybridized carbons (Fsp3) is 0.480. The first kappa shape index (κ1) is 23.9. The third-order valence-corrected chi connectivity index (χ3v) is 4.42. The molecule has 1 aromatic rings. The van der Waals surface area contributed by atoms with Gasteiger partial charge < -0.3 is 9.84 Å². The van der Waals surface area contributed by atoms with Crippen LogP contribution in [-0.4, -0.2) is 17.2 Å². The van der Waals surface area contributed by atoms with Crippen molar-refractivity contribution in [1.82, 2.24) is 0 Å². The van der Waals surface area contributed by atoms with Crippen molar-refractivity contribution in [2.24, 2.45) is 0 Å². The van der Waals surface area contributed by atoms with Crippen molar-refractivity contribution in [3.8, 4) is 0 Å². The zero-order chi connectivity index (χ0) is 20.3. The third-order valence-electron chi connectivity index (χ3n) is 4.42. The lowest BCUT2D eigenvalue weighted by Crippen LogP contribution is -2.09. The number of carboxylic acids is 1. The fourth-order valence-corrected chi connectivity index (χ4v) is 2.78. The van der Waals surface area contributed by atoms with Gasteiger partial charge >= 0.3 is 5.97 Å². The van der Waals surface area contributed by atoms with Crippen LogP contribution < -0.4 is 0 Å². The minimum absolute atomic E-state index is 0.154. The predicted molar refractivity (Wildman–Crippen MR) is 117 cm³/mol. The summed E-state index contributed by atoms with van der Waals surface area (Å²) in [5, 5.41) is 8.59. The highest BCUT2D eigenvalue weighted by Gasteiger charge is 2.05. The van der Waals surface area contributed by atoms with E-state index in [9.17, 15) is 4.79 Å². The maximum absolute atomic E-state index is 10.4. The van der Waals surface area contributed by atoms with E-state index < -0.39 is 5.97 Å². The molecule has 28 heavy (non-hydrogen) atoms. The second kappa shape index (κ2) is 17.0. The van der Waals surface area contributed by atoms with Crippen LogP contribution in [0.3, 0.4) is 0 Å². The van der Waals surface area contributed by atoms with E-state index >= 15 is 0 Å². The number of hydrogen-bond donors (Lipinski definition) is 1. The number of rotatable bonds is 16. The Morgan fingerprint density at radius 1 is 1.04 bits per heavy atom. The minimum atomic E-state index is -0.709. The molecule has 0 unspecified atom stereocenters. The van der Waals surface area contributed by atoms with Gasteiger partial charge in [-0.25, -0.2) is 0 Å². The van der Waals surface area contributed by atoms with Crippen molar-refractivity contribution in [3.63, 3.8) is 0 Å². The summed E-state index contributed by atoms with van der Waals surface area (Å²) in [6, 6.07) is 10.3. The quantitative estimate of drug-likeness (QED) is 0.192. The first-order valence-electron chi connectivity index (χ1n) is 10.6. The van der Waals surface area contributed by atoms with Crippen LogP contribution in [0.4, 0.5) is 0 Å². The van der Waals surface area contributed by atoms with E-state index in [4.69, 9.17) is 9.84 Å². The van der Waals surface area contributed by atoms with Gasteiger partial charge in [-0.15, -0.1) is 0 Å². The molecule has 0 spiro atoms. The molecule has 0 bridgehead atoms. The monoisotopic (exact) mass is 384 g/mol. The lowest BCUT2D eigenvalue weighted by Gasteiger charge is -2.14. The minimum Gasteiger partial charge on any atom is -0.481 e. The second-order valence-electron chi connectivity index (χ2n) is 6.99. The van der Waals surface area contributed by atoms with Gasteiger partial charge in [-0.1, -0.05) is 93.0 Å².